The summed E-state index contributed by atoms with van der Waals surface area (Å²) in [5.74, 6) is 0.728. The van der Waals surface area contributed by atoms with Crippen LogP contribution < -0.4 is 0 Å². The fraction of sp³-hybridized carbons (Fsp3) is 1.00. The normalized spacial score (nSPS) is 23.5. The van der Waals surface area contributed by atoms with E-state index in [0.717, 1.165) is 25.2 Å². The molecule has 3 nitrogen and oxygen atoms in total. The van der Waals surface area contributed by atoms with Crippen molar-refractivity contribution >= 4 is 7.60 Å². The molecule has 2 saturated carbocycles. The molecule has 2 aliphatic rings. The van der Waals surface area contributed by atoms with Crippen molar-refractivity contribution in [1.82, 2.24) is 0 Å². The van der Waals surface area contributed by atoms with E-state index in [1.807, 2.05) is 27.7 Å². The first kappa shape index (κ1) is 16.5. The number of hydrogen-bond donors (Lipinski definition) is 0. The average molecular weight is 302 g/mol. The van der Waals surface area contributed by atoms with E-state index in [-0.39, 0.29) is 17.4 Å². The Morgan fingerprint density at radius 3 is 1.90 bits per heavy atom. The lowest BCUT2D eigenvalue weighted by Gasteiger charge is -2.33. The van der Waals surface area contributed by atoms with Crippen molar-refractivity contribution in [3.05, 3.63) is 0 Å². The third-order valence-corrected chi connectivity index (χ3v) is 7.69. The number of rotatable bonds is 7. The maximum absolute atomic E-state index is 13.3. The molecule has 0 aromatic carbocycles. The van der Waals surface area contributed by atoms with Gasteiger partial charge in [0.1, 0.15) is 0 Å². The maximum atomic E-state index is 13.3. The molecule has 0 aliphatic heterocycles. The molecule has 2 aliphatic carbocycles. The second kappa shape index (κ2) is 6.50. The highest BCUT2D eigenvalue weighted by Gasteiger charge is 2.61. The second-order valence-corrected chi connectivity index (χ2v) is 9.60. The van der Waals surface area contributed by atoms with Gasteiger partial charge in [-0.05, 0) is 52.9 Å². The van der Waals surface area contributed by atoms with E-state index in [2.05, 4.69) is 0 Å². The van der Waals surface area contributed by atoms with Gasteiger partial charge < -0.3 is 9.05 Å². The summed E-state index contributed by atoms with van der Waals surface area (Å²) in [5, 5.41) is -0.163. The zero-order valence-corrected chi connectivity index (χ0v) is 14.5. The molecule has 0 N–H and O–H groups in total. The first-order valence-electron chi connectivity index (χ1n) is 8.34. The Labute approximate surface area is 124 Å². The molecule has 0 unspecified atom stereocenters. The molecule has 0 atom stereocenters. The van der Waals surface area contributed by atoms with Crippen LogP contribution in [0.5, 0.6) is 0 Å². The molecule has 0 aromatic heterocycles. The summed E-state index contributed by atoms with van der Waals surface area (Å²) in [7, 11) is -2.99. The van der Waals surface area contributed by atoms with Gasteiger partial charge in [0.25, 0.3) is 0 Å². The molecular weight excluding hydrogens is 271 g/mol. The van der Waals surface area contributed by atoms with Gasteiger partial charge in [0.15, 0.2) is 0 Å². The highest BCUT2D eigenvalue weighted by Crippen LogP contribution is 2.74. The number of hydrogen-bond acceptors (Lipinski definition) is 3. The molecule has 118 valence electrons. The summed E-state index contributed by atoms with van der Waals surface area (Å²) >= 11 is 0. The van der Waals surface area contributed by atoms with Crippen molar-refractivity contribution in [2.24, 2.45) is 5.92 Å². The van der Waals surface area contributed by atoms with Gasteiger partial charge in [0.2, 0.25) is 0 Å². The van der Waals surface area contributed by atoms with Crippen molar-refractivity contribution in [1.29, 1.82) is 0 Å². The molecule has 0 spiro atoms. The molecule has 20 heavy (non-hydrogen) atoms. The summed E-state index contributed by atoms with van der Waals surface area (Å²) in [6.07, 6.45) is 9.63. The van der Waals surface area contributed by atoms with E-state index in [1.54, 1.807) is 0 Å². The molecule has 0 bridgehead atoms. The summed E-state index contributed by atoms with van der Waals surface area (Å²) in [5.41, 5.74) is 0. The molecular formula is C16H31O3P. The van der Waals surface area contributed by atoms with Crippen molar-refractivity contribution in [2.75, 3.05) is 0 Å². The molecule has 0 amide bonds. The summed E-state index contributed by atoms with van der Waals surface area (Å²) in [6.45, 7) is 7.81. The Morgan fingerprint density at radius 1 is 1.00 bits per heavy atom. The molecule has 0 saturated heterocycles. The fourth-order valence-electron chi connectivity index (χ4n) is 3.47. The van der Waals surface area contributed by atoms with Crippen LogP contribution in [0.2, 0.25) is 0 Å². The van der Waals surface area contributed by atoms with Crippen molar-refractivity contribution < 1.29 is 13.6 Å². The highest BCUT2D eigenvalue weighted by molar-refractivity contribution is 7.56. The molecule has 2 rings (SSSR count). The van der Waals surface area contributed by atoms with Gasteiger partial charge in [0.05, 0.1) is 17.4 Å². The fourth-order valence-corrected chi connectivity index (χ4v) is 6.21. The van der Waals surface area contributed by atoms with Crippen LogP contribution in [-0.2, 0) is 13.6 Å². The predicted octanol–water partition coefficient (Wildman–Crippen LogP) is 5.53. The third-order valence-electron chi connectivity index (χ3n) is 4.50. The Bertz CT molecular complexity index is 341. The summed E-state index contributed by atoms with van der Waals surface area (Å²) in [4.78, 5) is 0. The largest absolute Gasteiger partial charge is 0.337 e. The van der Waals surface area contributed by atoms with Crippen LogP contribution in [0, 0.1) is 5.92 Å². The zero-order valence-electron chi connectivity index (χ0n) is 13.6. The highest BCUT2D eigenvalue weighted by atomic mass is 31.2. The molecule has 0 radical (unpaired) electrons. The maximum Gasteiger partial charge on any atom is 0.337 e. The minimum atomic E-state index is -2.99. The van der Waals surface area contributed by atoms with E-state index < -0.39 is 7.60 Å². The lowest BCUT2D eigenvalue weighted by Crippen LogP contribution is -2.23. The third kappa shape index (κ3) is 3.87. The van der Waals surface area contributed by atoms with Crippen LogP contribution in [0.4, 0.5) is 0 Å². The van der Waals surface area contributed by atoms with Gasteiger partial charge in [-0.3, -0.25) is 4.57 Å². The Kier molecular flexibility index (Phi) is 5.37. The predicted molar refractivity (Wildman–Crippen MR) is 83.2 cm³/mol. The minimum absolute atomic E-state index is 0.0385. The van der Waals surface area contributed by atoms with Gasteiger partial charge in [-0.15, -0.1) is 0 Å². The van der Waals surface area contributed by atoms with E-state index in [1.165, 1.54) is 32.1 Å². The lowest BCUT2D eigenvalue weighted by molar-refractivity contribution is 0.130. The van der Waals surface area contributed by atoms with E-state index in [4.69, 9.17) is 9.05 Å². The van der Waals surface area contributed by atoms with Crippen LogP contribution in [0.15, 0.2) is 0 Å². The van der Waals surface area contributed by atoms with Crippen molar-refractivity contribution in [2.45, 2.75) is 96.4 Å². The van der Waals surface area contributed by atoms with Crippen LogP contribution in [0.1, 0.15) is 79.1 Å². The Balaban J connectivity index is 2.08. The van der Waals surface area contributed by atoms with Gasteiger partial charge in [0, 0.05) is 0 Å². The average Bonchev–Trinajstić information content (AvgIpc) is 3.09. The van der Waals surface area contributed by atoms with E-state index >= 15 is 0 Å². The zero-order chi connectivity index (χ0) is 14.8. The Morgan fingerprint density at radius 2 is 1.50 bits per heavy atom. The van der Waals surface area contributed by atoms with E-state index in [9.17, 15) is 4.57 Å². The van der Waals surface area contributed by atoms with Crippen LogP contribution in [-0.4, -0.2) is 17.4 Å². The van der Waals surface area contributed by atoms with Crippen molar-refractivity contribution in [3.8, 4) is 0 Å². The summed E-state index contributed by atoms with van der Waals surface area (Å²) < 4.78 is 25.0. The first-order chi connectivity index (χ1) is 9.37. The van der Waals surface area contributed by atoms with Crippen molar-refractivity contribution in [3.63, 3.8) is 0 Å². The van der Waals surface area contributed by atoms with Gasteiger partial charge in [-0.1, -0.05) is 32.1 Å². The monoisotopic (exact) mass is 302 g/mol. The molecule has 0 heterocycles. The quantitative estimate of drug-likeness (QED) is 0.580. The molecule has 4 heteroatoms. The van der Waals surface area contributed by atoms with Gasteiger partial charge in [-0.2, -0.15) is 0 Å². The second-order valence-electron chi connectivity index (χ2n) is 7.24. The van der Waals surface area contributed by atoms with Crippen LogP contribution >= 0.6 is 7.60 Å². The summed E-state index contributed by atoms with van der Waals surface area (Å²) in [6, 6.07) is 0. The topological polar surface area (TPSA) is 35.5 Å². The van der Waals surface area contributed by atoms with Crippen LogP contribution in [0.25, 0.3) is 0 Å². The lowest BCUT2D eigenvalue weighted by atomic mass is 9.85. The molecule has 2 fully saturated rings. The van der Waals surface area contributed by atoms with Gasteiger partial charge >= 0.3 is 7.60 Å². The van der Waals surface area contributed by atoms with E-state index in [0.29, 0.717) is 0 Å². The SMILES string of the molecule is CC(C)OP(=O)(OC(C)C)C1(CC2CCCCC2)CC1. The minimum Gasteiger partial charge on any atom is -0.305 e. The smallest absolute Gasteiger partial charge is 0.305 e. The molecule has 0 aromatic rings. The van der Waals surface area contributed by atoms with Gasteiger partial charge in [-0.25, -0.2) is 0 Å². The Hall–Kier alpha value is 0.150. The first-order valence-corrected chi connectivity index (χ1v) is 9.88. The standard InChI is InChI=1S/C16H31O3P/c1-13(2)18-20(17,19-14(3)4)16(10-11-16)12-15-8-6-5-7-9-15/h13-15H,5-12H2,1-4H3. The van der Waals surface area contributed by atoms with Crippen LogP contribution in [0.3, 0.4) is 0 Å².